The van der Waals surface area contributed by atoms with E-state index in [1.165, 1.54) is 5.56 Å². The van der Waals surface area contributed by atoms with Crippen molar-refractivity contribution in [2.75, 3.05) is 18.4 Å². The van der Waals surface area contributed by atoms with Crippen molar-refractivity contribution in [2.24, 2.45) is 0 Å². The average molecular weight is 260 g/mol. The van der Waals surface area contributed by atoms with Crippen LogP contribution in [0, 0.1) is 0 Å². The molecule has 0 bridgehead atoms. The number of nitrogens with one attached hydrogen (secondary N) is 1. The van der Waals surface area contributed by atoms with Gasteiger partial charge in [-0.15, -0.1) is 0 Å². The van der Waals surface area contributed by atoms with Gasteiger partial charge in [0.25, 0.3) is 0 Å². The van der Waals surface area contributed by atoms with Gasteiger partial charge in [0.05, 0.1) is 0 Å². The quantitative estimate of drug-likeness (QED) is 0.882. The van der Waals surface area contributed by atoms with Gasteiger partial charge in [0.2, 0.25) is 5.91 Å². The van der Waals surface area contributed by atoms with Gasteiger partial charge in [0.15, 0.2) is 0 Å². The van der Waals surface area contributed by atoms with Gasteiger partial charge < -0.3 is 10.2 Å². The molecule has 1 unspecified atom stereocenters. The van der Waals surface area contributed by atoms with Gasteiger partial charge in [-0.3, -0.25) is 4.79 Å². The largest absolute Gasteiger partial charge is 0.373 e. The summed E-state index contributed by atoms with van der Waals surface area (Å²) in [6.07, 6.45) is 4.11. The summed E-state index contributed by atoms with van der Waals surface area (Å²) >= 11 is 0. The standard InChI is InChI=1S/C16H24N2O/c1-3-5-12-18(4-2)16(19)15-11-10-13-8-6-7-9-14(13)17-15/h6-9,15,17H,3-5,10-12H2,1-2H3. The van der Waals surface area contributed by atoms with Crippen LogP contribution in [0.5, 0.6) is 0 Å². The zero-order valence-electron chi connectivity index (χ0n) is 12.0. The molecular formula is C16H24N2O. The lowest BCUT2D eigenvalue weighted by Crippen LogP contribution is -2.44. The maximum Gasteiger partial charge on any atom is 0.245 e. The number of fused-ring (bicyclic) bond motifs is 1. The summed E-state index contributed by atoms with van der Waals surface area (Å²) in [5, 5.41) is 3.40. The summed E-state index contributed by atoms with van der Waals surface area (Å²) in [7, 11) is 0. The Morgan fingerprint density at radius 2 is 2.16 bits per heavy atom. The molecule has 3 nitrogen and oxygen atoms in total. The number of unbranched alkanes of at least 4 members (excludes halogenated alkanes) is 1. The van der Waals surface area contributed by atoms with E-state index < -0.39 is 0 Å². The van der Waals surface area contributed by atoms with E-state index in [4.69, 9.17) is 0 Å². The maximum atomic E-state index is 12.5. The highest BCUT2D eigenvalue weighted by Crippen LogP contribution is 2.25. The van der Waals surface area contributed by atoms with Crippen molar-refractivity contribution < 1.29 is 4.79 Å². The predicted octanol–water partition coefficient (Wildman–Crippen LogP) is 3.06. The third-order valence-corrected chi connectivity index (χ3v) is 3.82. The second-order valence-corrected chi connectivity index (χ2v) is 5.16. The fourth-order valence-corrected chi connectivity index (χ4v) is 2.62. The fourth-order valence-electron chi connectivity index (χ4n) is 2.62. The number of rotatable bonds is 5. The summed E-state index contributed by atoms with van der Waals surface area (Å²) < 4.78 is 0. The van der Waals surface area contributed by atoms with E-state index in [-0.39, 0.29) is 11.9 Å². The Kier molecular flexibility index (Phi) is 4.83. The Hall–Kier alpha value is -1.51. The molecule has 1 aromatic rings. The van der Waals surface area contributed by atoms with Crippen molar-refractivity contribution in [3.63, 3.8) is 0 Å². The van der Waals surface area contributed by atoms with Crippen LogP contribution in [-0.4, -0.2) is 29.9 Å². The smallest absolute Gasteiger partial charge is 0.245 e. The van der Waals surface area contributed by atoms with Crippen molar-refractivity contribution in [3.8, 4) is 0 Å². The minimum Gasteiger partial charge on any atom is -0.373 e. The third kappa shape index (κ3) is 3.28. The Morgan fingerprint density at radius 3 is 2.89 bits per heavy atom. The van der Waals surface area contributed by atoms with Gasteiger partial charge in [-0.05, 0) is 37.8 Å². The van der Waals surface area contributed by atoms with Crippen LogP contribution in [0.3, 0.4) is 0 Å². The number of aryl methyl sites for hydroxylation is 1. The molecule has 0 fully saturated rings. The molecule has 0 saturated carbocycles. The second-order valence-electron chi connectivity index (χ2n) is 5.16. The molecule has 0 aliphatic carbocycles. The van der Waals surface area contributed by atoms with Crippen molar-refractivity contribution in [2.45, 2.75) is 45.6 Å². The molecule has 0 aromatic heterocycles. The van der Waals surface area contributed by atoms with Crippen molar-refractivity contribution in [1.29, 1.82) is 0 Å². The van der Waals surface area contributed by atoms with Crippen LogP contribution in [0.25, 0.3) is 0 Å². The number of carbonyl (C=O) groups is 1. The SMILES string of the molecule is CCCCN(CC)C(=O)C1CCc2ccccc2N1. The number of hydrogen-bond acceptors (Lipinski definition) is 2. The van der Waals surface area contributed by atoms with E-state index in [1.54, 1.807) is 0 Å². The Bertz CT molecular complexity index is 431. The third-order valence-electron chi connectivity index (χ3n) is 3.82. The molecule has 0 spiro atoms. The lowest BCUT2D eigenvalue weighted by atomic mass is 9.97. The highest BCUT2D eigenvalue weighted by atomic mass is 16.2. The first-order chi connectivity index (χ1) is 9.26. The fraction of sp³-hybridized carbons (Fsp3) is 0.562. The topological polar surface area (TPSA) is 32.3 Å². The van der Waals surface area contributed by atoms with Crippen LogP contribution in [-0.2, 0) is 11.2 Å². The zero-order chi connectivity index (χ0) is 13.7. The van der Waals surface area contributed by atoms with Crippen LogP contribution in [0.4, 0.5) is 5.69 Å². The van der Waals surface area contributed by atoms with Gasteiger partial charge in [0, 0.05) is 18.8 Å². The molecule has 104 valence electrons. The lowest BCUT2D eigenvalue weighted by molar-refractivity contribution is -0.132. The summed E-state index contributed by atoms with van der Waals surface area (Å²) in [6, 6.07) is 8.23. The number of hydrogen-bond donors (Lipinski definition) is 1. The molecule has 1 N–H and O–H groups in total. The van der Waals surface area contributed by atoms with Gasteiger partial charge >= 0.3 is 0 Å². The number of para-hydroxylation sites is 1. The van der Waals surface area contributed by atoms with E-state index in [9.17, 15) is 4.79 Å². The lowest BCUT2D eigenvalue weighted by Gasteiger charge is -2.31. The normalized spacial score (nSPS) is 17.5. The van der Waals surface area contributed by atoms with E-state index >= 15 is 0 Å². The van der Waals surface area contributed by atoms with Crippen LogP contribution < -0.4 is 5.32 Å². The summed E-state index contributed by atoms with van der Waals surface area (Å²) in [4.78, 5) is 14.5. The molecule has 1 aromatic carbocycles. The van der Waals surface area contributed by atoms with Crippen LogP contribution in [0.1, 0.15) is 38.7 Å². The van der Waals surface area contributed by atoms with Crippen LogP contribution in [0.2, 0.25) is 0 Å². The molecule has 1 atom stereocenters. The number of amides is 1. The van der Waals surface area contributed by atoms with E-state index in [0.29, 0.717) is 0 Å². The maximum absolute atomic E-state index is 12.5. The minimum atomic E-state index is -0.0493. The van der Waals surface area contributed by atoms with E-state index in [1.807, 2.05) is 11.0 Å². The highest BCUT2D eigenvalue weighted by molar-refractivity contribution is 5.85. The van der Waals surface area contributed by atoms with Gasteiger partial charge in [-0.25, -0.2) is 0 Å². The van der Waals surface area contributed by atoms with Gasteiger partial charge in [-0.2, -0.15) is 0 Å². The first-order valence-electron chi connectivity index (χ1n) is 7.39. The van der Waals surface area contributed by atoms with Gasteiger partial charge in [0.1, 0.15) is 6.04 Å². The molecule has 1 heterocycles. The first kappa shape index (κ1) is 13.9. The number of carbonyl (C=O) groups excluding carboxylic acids is 1. The molecule has 0 radical (unpaired) electrons. The monoisotopic (exact) mass is 260 g/mol. The molecule has 1 amide bonds. The summed E-state index contributed by atoms with van der Waals surface area (Å²) in [6.45, 7) is 5.90. The van der Waals surface area contributed by atoms with Crippen LogP contribution in [0.15, 0.2) is 24.3 Å². The molecule has 2 rings (SSSR count). The van der Waals surface area contributed by atoms with Gasteiger partial charge in [-0.1, -0.05) is 31.5 Å². The Labute approximate surface area is 116 Å². The summed E-state index contributed by atoms with van der Waals surface area (Å²) in [5.74, 6) is 0.255. The van der Waals surface area contributed by atoms with E-state index in [2.05, 4.69) is 37.4 Å². The zero-order valence-corrected chi connectivity index (χ0v) is 12.0. The van der Waals surface area contributed by atoms with Crippen LogP contribution >= 0.6 is 0 Å². The molecule has 0 saturated heterocycles. The van der Waals surface area contributed by atoms with Crippen molar-refractivity contribution >= 4 is 11.6 Å². The molecule has 19 heavy (non-hydrogen) atoms. The molecule has 1 aliphatic rings. The first-order valence-corrected chi connectivity index (χ1v) is 7.39. The molecule has 1 aliphatic heterocycles. The Morgan fingerprint density at radius 1 is 1.37 bits per heavy atom. The summed E-state index contributed by atoms with van der Waals surface area (Å²) in [5.41, 5.74) is 2.45. The average Bonchev–Trinajstić information content (AvgIpc) is 2.47. The Balaban J connectivity index is 2.01. The van der Waals surface area contributed by atoms with Crippen molar-refractivity contribution in [3.05, 3.63) is 29.8 Å². The highest BCUT2D eigenvalue weighted by Gasteiger charge is 2.26. The minimum absolute atomic E-state index is 0.0493. The number of benzene rings is 1. The molecule has 3 heteroatoms. The number of nitrogens with zero attached hydrogens (tertiary/aromatic N) is 1. The van der Waals surface area contributed by atoms with E-state index in [0.717, 1.165) is 44.5 Å². The molecular weight excluding hydrogens is 236 g/mol. The second kappa shape index (κ2) is 6.60. The predicted molar refractivity (Wildman–Crippen MR) is 79.3 cm³/mol. The number of anilines is 1. The number of likely N-dealkylation sites (N-methyl/N-ethyl adjacent to an activating group) is 1. The van der Waals surface area contributed by atoms with Crippen molar-refractivity contribution in [1.82, 2.24) is 4.90 Å².